The maximum absolute atomic E-state index is 12.8. The van der Waals surface area contributed by atoms with E-state index in [4.69, 9.17) is 4.74 Å². The highest BCUT2D eigenvalue weighted by Crippen LogP contribution is 2.21. The van der Waals surface area contributed by atoms with Gasteiger partial charge in [-0.05, 0) is 44.0 Å². The van der Waals surface area contributed by atoms with Crippen LogP contribution in [0.25, 0.3) is 0 Å². The summed E-state index contributed by atoms with van der Waals surface area (Å²) in [5.41, 5.74) is 0. The Bertz CT molecular complexity index is 722. The van der Waals surface area contributed by atoms with Crippen molar-refractivity contribution < 1.29 is 17.9 Å². The zero-order valence-electron chi connectivity index (χ0n) is 15.9. The van der Waals surface area contributed by atoms with E-state index in [1.54, 1.807) is 24.3 Å². The molecule has 2 fully saturated rings. The highest BCUT2D eigenvalue weighted by Gasteiger charge is 2.29. The van der Waals surface area contributed by atoms with Gasteiger partial charge in [0.2, 0.25) is 15.9 Å². The first-order valence-corrected chi connectivity index (χ1v) is 11.2. The number of ether oxygens (including phenoxy) is 1. The van der Waals surface area contributed by atoms with Gasteiger partial charge in [-0.25, -0.2) is 8.42 Å². The van der Waals surface area contributed by atoms with Crippen LogP contribution < -0.4 is 10.1 Å². The molecule has 0 bridgehead atoms. The van der Waals surface area contributed by atoms with Gasteiger partial charge in [-0.2, -0.15) is 4.31 Å². The van der Waals surface area contributed by atoms with Crippen molar-refractivity contribution in [1.29, 1.82) is 0 Å². The fraction of sp³-hybridized carbons (Fsp3) is 0.632. The Kier molecular flexibility index (Phi) is 6.73. The number of nitrogens with one attached hydrogen (secondary N) is 1. The van der Waals surface area contributed by atoms with Crippen molar-refractivity contribution in [3.63, 3.8) is 0 Å². The first-order chi connectivity index (χ1) is 13.0. The molecule has 0 atom stereocenters. The quantitative estimate of drug-likeness (QED) is 0.756. The minimum atomic E-state index is -3.51. The summed E-state index contributed by atoms with van der Waals surface area (Å²) in [5, 5.41) is 3.08. The molecule has 150 valence electrons. The van der Waals surface area contributed by atoms with Crippen LogP contribution in [0.1, 0.15) is 32.6 Å². The predicted molar refractivity (Wildman–Crippen MR) is 103 cm³/mol. The summed E-state index contributed by atoms with van der Waals surface area (Å²) in [4.78, 5) is 14.5. The lowest BCUT2D eigenvalue weighted by molar-refractivity contribution is -0.123. The van der Waals surface area contributed by atoms with Crippen molar-refractivity contribution in [3.05, 3.63) is 24.3 Å². The normalized spacial score (nSPS) is 19.9. The second kappa shape index (κ2) is 9.03. The molecule has 3 rings (SSSR count). The zero-order valence-corrected chi connectivity index (χ0v) is 16.7. The fourth-order valence-corrected chi connectivity index (χ4v) is 5.12. The molecular formula is C19H29N3O4S. The predicted octanol–water partition coefficient (Wildman–Crippen LogP) is 1.45. The largest absolute Gasteiger partial charge is 0.494 e. The molecule has 1 N–H and O–H groups in total. The Morgan fingerprint density at radius 2 is 1.74 bits per heavy atom. The first kappa shape index (κ1) is 20.1. The molecule has 1 heterocycles. The van der Waals surface area contributed by atoms with Gasteiger partial charge in [-0.3, -0.25) is 9.69 Å². The monoisotopic (exact) mass is 395 g/mol. The summed E-state index contributed by atoms with van der Waals surface area (Å²) in [6.45, 7) is 4.69. The third-order valence-electron chi connectivity index (χ3n) is 5.19. The Morgan fingerprint density at radius 1 is 1.11 bits per heavy atom. The van der Waals surface area contributed by atoms with Gasteiger partial charge in [0.1, 0.15) is 5.75 Å². The number of nitrogens with zero attached hydrogens (tertiary/aromatic N) is 2. The number of rotatable bonds is 7. The van der Waals surface area contributed by atoms with E-state index in [9.17, 15) is 13.2 Å². The number of carbonyl (C=O) groups excluding carboxylic acids is 1. The second-order valence-corrected chi connectivity index (χ2v) is 9.07. The second-order valence-electron chi connectivity index (χ2n) is 7.13. The molecule has 1 aromatic rings. The molecule has 1 aromatic carbocycles. The number of piperazine rings is 1. The highest BCUT2D eigenvalue weighted by molar-refractivity contribution is 7.89. The lowest BCUT2D eigenvalue weighted by atomic mass is 10.2. The van der Waals surface area contributed by atoms with E-state index in [2.05, 4.69) is 5.32 Å². The van der Waals surface area contributed by atoms with Gasteiger partial charge in [0, 0.05) is 32.2 Å². The van der Waals surface area contributed by atoms with Crippen molar-refractivity contribution >= 4 is 15.9 Å². The average Bonchev–Trinajstić information content (AvgIpc) is 3.16. The van der Waals surface area contributed by atoms with Crippen LogP contribution in [-0.2, 0) is 14.8 Å². The molecule has 0 unspecified atom stereocenters. The molecule has 1 aliphatic heterocycles. The summed E-state index contributed by atoms with van der Waals surface area (Å²) < 4.78 is 32.5. The molecule has 2 aliphatic rings. The molecule has 1 aliphatic carbocycles. The van der Waals surface area contributed by atoms with Gasteiger partial charge >= 0.3 is 0 Å². The van der Waals surface area contributed by atoms with Crippen molar-refractivity contribution in [3.8, 4) is 5.75 Å². The smallest absolute Gasteiger partial charge is 0.243 e. The van der Waals surface area contributed by atoms with Gasteiger partial charge < -0.3 is 10.1 Å². The topological polar surface area (TPSA) is 79.0 Å². The average molecular weight is 396 g/mol. The maximum Gasteiger partial charge on any atom is 0.243 e. The third kappa shape index (κ3) is 5.21. The molecule has 0 spiro atoms. The van der Waals surface area contributed by atoms with Gasteiger partial charge in [0.15, 0.2) is 0 Å². The van der Waals surface area contributed by atoms with Crippen molar-refractivity contribution in [2.45, 2.75) is 43.5 Å². The number of hydrogen-bond acceptors (Lipinski definition) is 5. The summed E-state index contributed by atoms with van der Waals surface area (Å²) in [5.74, 6) is 0.708. The molecule has 1 saturated heterocycles. The molecule has 1 amide bonds. The highest BCUT2D eigenvalue weighted by atomic mass is 32.2. The number of hydrogen-bond donors (Lipinski definition) is 1. The minimum absolute atomic E-state index is 0.0460. The van der Waals surface area contributed by atoms with E-state index in [0.29, 0.717) is 51.1 Å². The summed E-state index contributed by atoms with van der Waals surface area (Å²) in [7, 11) is -3.51. The first-order valence-electron chi connectivity index (χ1n) is 9.74. The van der Waals surface area contributed by atoms with Crippen LogP contribution in [0.4, 0.5) is 0 Å². The Balaban J connectivity index is 1.50. The van der Waals surface area contributed by atoms with Crippen LogP contribution in [0, 0.1) is 0 Å². The van der Waals surface area contributed by atoms with Crippen molar-refractivity contribution in [2.75, 3.05) is 39.3 Å². The van der Waals surface area contributed by atoms with Crippen molar-refractivity contribution in [2.24, 2.45) is 0 Å². The van der Waals surface area contributed by atoms with Crippen LogP contribution in [0.5, 0.6) is 5.75 Å². The Hall–Kier alpha value is -1.64. The van der Waals surface area contributed by atoms with E-state index < -0.39 is 10.0 Å². The van der Waals surface area contributed by atoms with Crippen LogP contribution in [0.2, 0.25) is 0 Å². The third-order valence-corrected chi connectivity index (χ3v) is 7.10. The van der Waals surface area contributed by atoms with Crippen LogP contribution in [-0.4, -0.2) is 68.9 Å². The van der Waals surface area contributed by atoms with E-state index in [-0.39, 0.29) is 10.8 Å². The maximum atomic E-state index is 12.8. The standard InChI is InChI=1S/C19H29N3O4S/c1-2-26-17-7-9-18(10-8-17)27(24,25)22-13-11-21(12-14-22)15-19(23)20-16-5-3-4-6-16/h7-10,16H,2-6,11-15H2,1H3,(H,20,23). The Morgan fingerprint density at radius 3 is 2.33 bits per heavy atom. The van der Waals surface area contributed by atoms with Gasteiger partial charge in [0.05, 0.1) is 18.0 Å². The number of amides is 1. The molecule has 27 heavy (non-hydrogen) atoms. The lowest BCUT2D eigenvalue weighted by Crippen LogP contribution is -2.51. The molecule has 0 radical (unpaired) electrons. The van der Waals surface area contributed by atoms with Crippen LogP contribution in [0.15, 0.2) is 29.2 Å². The summed E-state index contributed by atoms with van der Waals surface area (Å²) in [6.07, 6.45) is 4.51. The molecular weight excluding hydrogens is 366 g/mol. The SMILES string of the molecule is CCOc1ccc(S(=O)(=O)N2CCN(CC(=O)NC3CCCC3)CC2)cc1. The molecule has 1 saturated carbocycles. The number of sulfonamides is 1. The zero-order chi connectivity index (χ0) is 19.3. The van der Waals surface area contributed by atoms with Crippen LogP contribution >= 0.6 is 0 Å². The van der Waals surface area contributed by atoms with E-state index in [1.807, 2.05) is 11.8 Å². The molecule has 0 aromatic heterocycles. The molecule has 8 heteroatoms. The van der Waals surface area contributed by atoms with Gasteiger partial charge in [-0.1, -0.05) is 12.8 Å². The van der Waals surface area contributed by atoms with Crippen molar-refractivity contribution in [1.82, 2.24) is 14.5 Å². The van der Waals surface area contributed by atoms with Crippen LogP contribution in [0.3, 0.4) is 0 Å². The Labute approximate surface area is 161 Å². The van der Waals surface area contributed by atoms with Gasteiger partial charge in [0.25, 0.3) is 0 Å². The molecule has 7 nitrogen and oxygen atoms in total. The minimum Gasteiger partial charge on any atom is -0.494 e. The lowest BCUT2D eigenvalue weighted by Gasteiger charge is -2.33. The summed E-state index contributed by atoms with van der Waals surface area (Å²) >= 11 is 0. The summed E-state index contributed by atoms with van der Waals surface area (Å²) in [6, 6.07) is 6.85. The van der Waals surface area contributed by atoms with E-state index in [1.165, 1.54) is 17.1 Å². The van der Waals surface area contributed by atoms with E-state index >= 15 is 0 Å². The van der Waals surface area contributed by atoms with E-state index in [0.717, 1.165) is 12.8 Å². The number of carbonyl (C=O) groups is 1. The fourth-order valence-electron chi connectivity index (χ4n) is 3.70. The van der Waals surface area contributed by atoms with Gasteiger partial charge in [-0.15, -0.1) is 0 Å². The number of benzene rings is 1.